The van der Waals surface area contributed by atoms with Crippen LogP contribution in [0.5, 0.6) is 0 Å². The minimum atomic E-state index is -0.628. The Bertz CT molecular complexity index is 940. The zero-order valence-electron chi connectivity index (χ0n) is 20.3. The summed E-state index contributed by atoms with van der Waals surface area (Å²) in [5.41, 5.74) is 1.14. The normalized spacial score (nSPS) is 16.4. The van der Waals surface area contributed by atoms with Crippen LogP contribution in [-0.2, 0) is 16.1 Å². The van der Waals surface area contributed by atoms with Crippen molar-refractivity contribution in [2.45, 2.75) is 78.2 Å². The van der Waals surface area contributed by atoms with Gasteiger partial charge in [-0.25, -0.2) is 14.6 Å². The molecule has 1 aromatic heterocycles. The second kappa shape index (κ2) is 10.7. The molecule has 1 unspecified atom stereocenters. The standard InChI is InChI=1S/C26H35N3O4/c1-19(2)29(25(31)33-26(3,4)5)23-21(14-11-16-27-23)22-15-9-10-17-28(22)24(30)32-18-20-12-7-6-8-13-20/h6-8,11-14,16,19,22H,9-10,15,17-18H2,1-5H3. The second-order valence-corrected chi connectivity index (χ2v) is 9.61. The highest BCUT2D eigenvalue weighted by Gasteiger charge is 2.35. The summed E-state index contributed by atoms with van der Waals surface area (Å²) in [4.78, 5) is 34.0. The molecule has 0 aliphatic carbocycles. The van der Waals surface area contributed by atoms with Crippen molar-refractivity contribution in [3.63, 3.8) is 0 Å². The van der Waals surface area contributed by atoms with Crippen molar-refractivity contribution in [1.29, 1.82) is 0 Å². The number of ether oxygens (including phenoxy) is 2. The Morgan fingerprint density at radius 2 is 1.85 bits per heavy atom. The van der Waals surface area contributed by atoms with E-state index in [1.54, 1.807) is 16.0 Å². The monoisotopic (exact) mass is 453 g/mol. The van der Waals surface area contributed by atoms with Crippen LogP contribution in [-0.4, -0.2) is 40.3 Å². The van der Waals surface area contributed by atoms with Gasteiger partial charge in [-0.05, 0) is 65.5 Å². The molecular formula is C26H35N3O4. The van der Waals surface area contributed by atoms with Crippen molar-refractivity contribution in [2.75, 3.05) is 11.4 Å². The average molecular weight is 454 g/mol. The number of carbonyl (C=O) groups is 2. The number of carbonyl (C=O) groups excluding carboxylic acids is 2. The van der Waals surface area contributed by atoms with Crippen LogP contribution in [0.3, 0.4) is 0 Å². The Morgan fingerprint density at radius 1 is 1.12 bits per heavy atom. The molecule has 2 heterocycles. The molecule has 1 aliphatic rings. The van der Waals surface area contributed by atoms with E-state index in [1.165, 1.54) is 0 Å². The molecule has 1 fully saturated rings. The van der Waals surface area contributed by atoms with Crippen LogP contribution < -0.4 is 4.90 Å². The van der Waals surface area contributed by atoms with Crippen molar-refractivity contribution in [1.82, 2.24) is 9.88 Å². The third-order valence-corrected chi connectivity index (χ3v) is 5.45. The van der Waals surface area contributed by atoms with Crippen molar-refractivity contribution >= 4 is 18.0 Å². The summed E-state index contributed by atoms with van der Waals surface area (Å²) >= 11 is 0. The van der Waals surface area contributed by atoms with E-state index in [0.717, 1.165) is 30.4 Å². The molecule has 0 spiro atoms. The minimum Gasteiger partial charge on any atom is -0.445 e. The highest BCUT2D eigenvalue weighted by Crippen LogP contribution is 2.37. The van der Waals surface area contributed by atoms with E-state index in [0.29, 0.717) is 12.4 Å². The zero-order valence-corrected chi connectivity index (χ0v) is 20.3. The molecule has 3 rings (SSSR count). The van der Waals surface area contributed by atoms with E-state index in [-0.39, 0.29) is 24.8 Å². The van der Waals surface area contributed by atoms with E-state index >= 15 is 0 Å². The Hall–Kier alpha value is -3.09. The van der Waals surface area contributed by atoms with Gasteiger partial charge in [0.25, 0.3) is 0 Å². The third kappa shape index (κ3) is 6.46. The van der Waals surface area contributed by atoms with Gasteiger partial charge in [0.05, 0.1) is 6.04 Å². The number of hydrogen-bond donors (Lipinski definition) is 0. The number of benzene rings is 1. The van der Waals surface area contributed by atoms with Gasteiger partial charge in [0.1, 0.15) is 18.0 Å². The van der Waals surface area contributed by atoms with Gasteiger partial charge in [-0.1, -0.05) is 36.4 Å². The lowest BCUT2D eigenvalue weighted by atomic mass is 9.95. The Balaban J connectivity index is 1.87. The Labute approximate surface area is 196 Å². The Morgan fingerprint density at radius 3 is 2.52 bits per heavy atom. The van der Waals surface area contributed by atoms with Crippen molar-refractivity contribution in [3.05, 3.63) is 59.8 Å². The fourth-order valence-corrected chi connectivity index (χ4v) is 4.00. The molecule has 7 nitrogen and oxygen atoms in total. The summed E-state index contributed by atoms with van der Waals surface area (Å²) in [5.74, 6) is 0.523. The summed E-state index contributed by atoms with van der Waals surface area (Å²) in [6, 6.07) is 13.0. The van der Waals surface area contributed by atoms with Gasteiger partial charge in [0, 0.05) is 24.3 Å². The lowest BCUT2D eigenvalue weighted by Gasteiger charge is -2.37. The fourth-order valence-electron chi connectivity index (χ4n) is 4.00. The zero-order chi connectivity index (χ0) is 24.0. The van der Waals surface area contributed by atoms with E-state index in [4.69, 9.17) is 9.47 Å². The van der Waals surface area contributed by atoms with Crippen LogP contribution in [0, 0.1) is 0 Å². The van der Waals surface area contributed by atoms with Crippen molar-refractivity contribution < 1.29 is 19.1 Å². The minimum absolute atomic E-state index is 0.171. The highest BCUT2D eigenvalue weighted by molar-refractivity contribution is 5.88. The predicted molar refractivity (Wildman–Crippen MR) is 128 cm³/mol. The summed E-state index contributed by atoms with van der Waals surface area (Å²) in [5, 5.41) is 0. The largest absolute Gasteiger partial charge is 0.445 e. The molecule has 2 amide bonds. The van der Waals surface area contributed by atoms with Gasteiger partial charge in [-0.3, -0.25) is 4.90 Å². The first kappa shape index (κ1) is 24.6. The van der Waals surface area contributed by atoms with Crippen LogP contribution in [0.15, 0.2) is 48.7 Å². The number of amides is 2. The van der Waals surface area contributed by atoms with Crippen molar-refractivity contribution in [3.8, 4) is 0 Å². The van der Waals surface area contributed by atoms with E-state index in [1.807, 2.05) is 77.1 Å². The third-order valence-electron chi connectivity index (χ3n) is 5.45. The number of pyridine rings is 1. The second-order valence-electron chi connectivity index (χ2n) is 9.61. The molecular weight excluding hydrogens is 418 g/mol. The first-order valence-electron chi connectivity index (χ1n) is 11.6. The average Bonchev–Trinajstić information content (AvgIpc) is 2.77. The highest BCUT2D eigenvalue weighted by atomic mass is 16.6. The number of piperidine rings is 1. The number of likely N-dealkylation sites (tertiary alicyclic amines) is 1. The van der Waals surface area contributed by atoms with Crippen LogP contribution in [0.4, 0.5) is 15.4 Å². The smallest absolute Gasteiger partial charge is 0.416 e. The maximum atomic E-state index is 13.1. The summed E-state index contributed by atoms with van der Waals surface area (Å²) in [7, 11) is 0. The van der Waals surface area contributed by atoms with Crippen LogP contribution in [0.1, 0.15) is 71.0 Å². The SMILES string of the molecule is CC(C)N(C(=O)OC(C)(C)C)c1ncccc1C1CCCCN1C(=O)OCc1ccccc1. The lowest BCUT2D eigenvalue weighted by molar-refractivity contribution is 0.0567. The summed E-state index contributed by atoms with van der Waals surface area (Å²) in [6.07, 6.45) is 3.53. The van der Waals surface area contributed by atoms with E-state index in [2.05, 4.69) is 4.98 Å². The van der Waals surface area contributed by atoms with Crippen molar-refractivity contribution in [2.24, 2.45) is 0 Å². The first-order valence-corrected chi connectivity index (χ1v) is 11.6. The molecule has 1 aliphatic heterocycles. The van der Waals surface area contributed by atoms with Gasteiger partial charge in [0.15, 0.2) is 0 Å². The van der Waals surface area contributed by atoms with Gasteiger partial charge in [-0.15, -0.1) is 0 Å². The number of hydrogen-bond acceptors (Lipinski definition) is 5. The molecule has 0 bridgehead atoms. The molecule has 33 heavy (non-hydrogen) atoms. The van der Waals surface area contributed by atoms with Gasteiger partial charge in [-0.2, -0.15) is 0 Å². The summed E-state index contributed by atoms with van der Waals surface area (Å²) < 4.78 is 11.3. The quantitative estimate of drug-likeness (QED) is 0.547. The molecule has 1 aromatic carbocycles. The van der Waals surface area contributed by atoms with Gasteiger partial charge >= 0.3 is 12.2 Å². The molecule has 0 saturated carbocycles. The number of aromatic nitrogens is 1. The van der Waals surface area contributed by atoms with Crippen LogP contribution >= 0.6 is 0 Å². The molecule has 0 N–H and O–H groups in total. The van der Waals surface area contributed by atoms with Crippen LogP contribution in [0.25, 0.3) is 0 Å². The first-order chi connectivity index (χ1) is 15.7. The van der Waals surface area contributed by atoms with E-state index < -0.39 is 11.7 Å². The van der Waals surface area contributed by atoms with Crippen LogP contribution in [0.2, 0.25) is 0 Å². The maximum absolute atomic E-state index is 13.1. The molecule has 2 aromatic rings. The molecule has 7 heteroatoms. The number of anilines is 1. The fraction of sp³-hybridized carbons (Fsp3) is 0.500. The predicted octanol–water partition coefficient (Wildman–Crippen LogP) is 6.10. The van der Waals surface area contributed by atoms with Gasteiger partial charge < -0.3 is 14.4 Å². The number of nitrogens with zero attached hydrogens (tertiary/aromatic N) is 3. The Kier molecular flexibility index (Phi) is 7.95. The lowest BCUT2D eigenvalue weighted by Crippen LogP contribution is -2.44. The molecule has 178 valence electrons. The molecule has 1 saturated heterocycles. The summed E-state index contributed by atoms with van der Waals surface area (Å²) in [6.45, 7) is 10.2. The molecule has 1 atom stereocenters. The maximum Gasteiger partial charge on any atom is 0.416 e. The number of rotatable bonds is 5. The molecule has 0 radical (unpaired) electrons. The van der Waals surface area contributed by atoms with Gasteiger partial charge in [0.2, 0.25) is 0 Å². The topological polar surface area (TPSA) is 72.0 Å². The van der Waals surface area contributed by atoms with E-state index in [9.17, 15) is 9.59 Å².